The van der Waals surface area contributed by atoms with Crippen molar-refractivity contribution in [2.45, 2.75) is 52.4 Å². The standard InChI is InChI=1S/C25H30N4O2S/c1-6-12-29-22(15-31-21-10-8-20(7-2)9-11-21)27-28-25(29)32-16-23(30)26-24-18(4)13-17(3)14-19(24)5/h6,8-11,13-14H,1,7,12,15-16H2,2-5H3,(H,26,30). The number of rotatable bonds is 10. The fourth-order valence-electron chi connectivity index (χ4n) is 3.50. The Balaban J connectivity index is 1.63. The first-order chi connectivity index (χ1) is 15.4. The summed E-state index contributed by atoms with van der Waals surface area (Å²) in [6.07, 6.45) is 2.78. The van der Waals surface area contributed by atoms with Crippen molar-refractivity contribution in [3.05, 3.63) is 77.1 Å². The zero-order valence-electron chi connectivity index (χ0n) is 19.1. The first-order valence-corrected chi connectivity index (χ1v) is 11.6. The monoisotopic (exact) mass is 450 g/mol. The molecule has 0 saturated carbocycles. The summed E-state index contributed by atoms with van der Waals surface area (Å²) in [7, 11) is 0. The van der Waals surface area contributed by atoms with Gasteiger partial charge in [-0.05, 0) is 56.0 Å². The lowest BCUT2D eigenvalue weighted by atomic mass is 10.1. The lowest BCUT2D eigenvalue weighted by Crippen LogP contribution is -2.16. The summed E-state index contributed by atoms with van der Waals surface area (Å²) in [6, 6.07) is 12.2. The molecular formula is C25H30N4O2S. The number of carbonyl (C=O) groups excluding carboxylic acids is 1. The SMILES string of the molecule is C=CCn1c(COc2ccc(CC)cc2)nnc1SCC(=O)Nc1c(C)cc(C)cc1C. The van der Waals surface area contributed by atoms with Crippen LogP contribution in [0.5, 0.6) is 5.75 Å². The fourth-order valence-corrected chi connectivity index (χ4v) is 4.26. The van der Waals surface area contributed by atoms with Crippen LogP contribution in [0.25, 0.3) is 0 Å². The highest BCUT2D eigenvalue weighted by atomic mass is 32.2. The molecule has 2 aromatic carbocycles. The van der Waals surface area contributed by atoms with Crippen LogP contribution in [0.4, 0.5) is 5.69 Å². The molecule has 6 nitrogen and oxygen atoms in total. The molecule has 0 aliphatic heterocycles. The minimum atomic E-state index is -0.0768. The van der Waals surface area contributed by atoms with Crippen molar-refractivity contribution in [3.8, 4) is 5.75 Å². The molecule has 1 N–H and O–H groups in total. The van der Waals surface area contributed by atoms with Gasteiger partial charge in [0.25, 0.3) is 0 Å². The van der Waals surface area contributed by atoms with Gasteiger partial charge in [0.2, 0.25) is 5.91 Å². The Morgan fingerprint density at radius 1 is 1.16 bits per heavy atom. The van der Waals surface area contributed by atoms with Crippen LogP contribution in [-0.4, -0.2) is 26.4 Å². The van der Waals surface area contributed by atoms with E-state index in [2.05, 4.69) is 60.2 Å². The number of ether oxygens (including phenoxy) is 1. The Bertz CT molecular complexity index is 1070. The summed E-state index contributed by atoms with van der Waals surface area (Å²) in [6.45, 7) is 12.8. The molecule has 3 aromatic rings. The number of hydrogen-bond acceptors (Lipinski definition) is 5. The van der Waals surface area contributed by atoms with Crippen molar-refractivity contribution in [2.24, 2.45) is 0 Å². The second-order valence-corrected chi connectivity index (χ2v) is 8.64. The van der Waals surface area contributed by atoms with Crippen LogP contribution in [0.15, 0.2) is 54.2 Å². The van der Waals surface area contributed by atoms with Gasteiger partial charge in [-0.2, -0.15) is 0 Å². The molecular weight excluding hydrogens is 420 g/mol. The maximum atomic E-state index is 12.6. The van der Waals surface area contributed by atoms with Crippen molar-refractivity contribution in [1.82, 2.24) is 14.8 Å². The molecule has 168 valence electrons. The van der Waals surface area contributed by atoms with E-state index in [9.17, 15) is 4.79 Å². The molecule has 0 saturated heterocycles. The van der Waals surface area contributed by atoms with Gasteiger partial charge in [0.1, 0.15) is 12.4 Å². The van der Waals surface area contributed by atoms with Crippen LogP contribution >= 0.6 is 11.8 Å². The molecule has 0 bridgehead atoms. The second kappa shape index (κ2) is 11.0. The van der Waals surface area contributed by atoms with Gasteiger partial charge in [0, 0.05) is 12.2 Å². The van der Waals surface area contributed by atoms with Gasteiger partial charge in [-0.15, -0.1) is 16.8 Å². The van der Waals surface area contributed by atoms with E-state index in [0.717, 1.165) is 29.0 Å². The van der Waals surface area contributed by atoms with Crippen molar-refractivity contribution in [3.63, 3.8) is 0 Å². The topological polar surface area (TPSA) is 69.0 Å². The van der Waals surface area contributed by atoms with Gasteiger partial charge in [0.05, 0.1) is 5.75 Å². The third-order valence-corrected chi connectivity index (χ3v) is 6.05. The zero-order valence-corrected chi connectivity index (χ0v) is 20.0. The maximum Gasteiger partial charge on any atom is 0.234 e. The predicted molar refractivity (Wildman–Crippen MR) is 130 cm³/mol. The Kier molecular flexibility index (Phi) is 8.11. The molecule has 0 aliphatic rings. The number of hydrogen-bond donors (Lipinski definition) is 1. The predicted octanol–water partition coefficient (Wildman–Crippen LogP) is 5.26. The van der Waals surface area contributed by atoms with E-state index in [1.54, 1.807) is 6.08 Å². The molecule has 0 fully saturated rings. The number of amides is 1. The molecule has 0 radical (unpaired) electrons. The van der Waals surface area contributed by atoms with Crippen LogP contribution in [0.3, 0.4) is 0 Å². The van der Waals surface area contributed by atoms with Gasteiger partial charge in [-0.1, -0.05) is 54.6 Å². The Labute approximate surface area is 194 Å². The highest BCUT2D eigenvalue weighted by molar-refractivity contribution is 7.99. The van der Waals surface area contributed by atoms with Crippen LogP contribution in [-0.2, 0) is 24.4 Å². The molecule has 0 unspecified atom stereocenters. The van der Waals surface area contributed by atoms with E-state index in [0.29, 0.717) is 24.1 Å². The largest absolute Gasteiger partial charge is 0.486 e. The van der Waals surface area contributed by atoms with Crippen molar-refractivity contribution in [2.75, 3.05) is 11.1 Å². The van der Waals surface area contributed by atoms with E-state index in [-0.39, 0.29) is 11.7 Å². The number of nitrogens with zero attached hydrogens (tertiary/aromatic N) is 3. The van der Waals surface area contributed by atoms with E-state index in [4.69, 9.17) is 4.74 Å². The molecule has 0 spiro atoms. The lowest BCUT2D eigenvalue weighted by molar-refractivity contribution is -0.113. The highest BCUT2D eigenvalue weighted by Gasteiger charge is 2.15. The molecule has 0 aliphatic carbocycles. The third kappa shape index (κ3) is 6.01. The zero-order chi connectivity index (χ0) is 23.1. The average molecular weight is 451 g/mol. The first-order valence-electron chi connectivity index (χ1n) is 10.7. The number of nitrogens with one attached hydrogen (secondary N) is 1. The van der Waals surface area contributed by atoms with Crippen LogP contribution in [0.2, 0.25) is 0 Å². The van der Waals surface area contributed by atoms with Gasteiger partial charge in [-0.3, -0.25) is 9.36 Å². The van der Waals surface area contributed by atoms with Gasteiger partial charge in [0.15, 0.2) is 11.0 Å². The molecule has 3 rings (SSSR count). The third-order valence-electron chi connectivity index (χ3n) is 5.08. The lowest BCUT2D eigenvalue weighted by Gasteiger charge is -2.13. The maximum absolute atomic E-state index is 12.6. The van der Waals surface area contributed by atoms with Gasteiger partial charge >= 0.3 is 0 Å². The summed E-state index contributed by atoms with van der Waals surface area (Å²) < 4.78 is 7.81. The van der Waals surface area contributed by atoms with Crippen molar-refractivity contribution < 1.29 is 9.53 Å². The van der Waals surface area contributed by atoms with Crippen LogP contribution < -0.4 is 10.1 Å². The smallest absolute Gasteiger partial charge is 0.234 e. The van der Waals surface area contributed by atoms with Crippen LogP contribution in [0.1, 0.15) is 35.0 Å². The van der Waals surface area contributed by atoms with E-state index in [1.165, 1.54) is 22.9 Å². The molecule has 7 heteroatoms. The van der Waals surface area contributed by atoms with E-state index < -0.39 is 0 Å². The molecule has 1 amide bonds. The molecule has 32 heavy (non-hydrogen) atoms. The average Bonchev–Trinajstić information content (AvgIpc) is 3.15. The number of allylic oxidation sites excluding steroid dienone is 1. The minimum Gasteiger partial charge on any atom is -0.486 e. The number of anilines is 1. The fraction of sp³-hybridized carbons (Fsp3) is 0.320. The quantitative estimate of drug-likeness (QED) is 0.337. The molecule has 1 aromatic heterocycles. The number of carbonyl (C=O) groups is 1. The van der Waals surface area contributed by atoms with Crippen molar-refractivity contribution >= 4 is 23.4 Å². The van der Waals surface area contributed by atoms with E-state index >= 15 is 0 Å². The van der Waals surface area contributed by atoms with Crippen LogP contribution in [0, 0.1) is 20.8 Å². The minimum absolute atomic E-state index is 0.0768. The summed E-state index contributed by atoms with van der Waals surface area (Å²) in [5, 5.41) is 12.2. The first kappa shape index (κ1) is 23.6. The van der Waals surface area contributed by atoms with E-state index in [1.807, 2.05) is 30.5 Å². The summed E-state index contributed by atoms with van der Waals surface area (Å²) in [4.78, 5) is 12.6. The molecule has 1 heterocycles. The number of aromatic nitrogens is 3. The summed E-state index contributed by atoms with van der Waals surface area (Å²) >= 11 is 1.35. The Hall–Kier alpha value is -3.06. The Morgan fingerprint density at radius 2 is 1.84 bits per heavy atom. The highest BCUT2D eigenvalue weighted by Crippen LogP contribution is 2.23. The summed E-state index contributed by atoms with van der Waals surface area (Å²) in [5.74, 6) is 1.64. The second-order valence-electron chi connectivity index (χ2n) is 7.69. The number of benzene rings is 2. The summed E-state index contributed by atoms with van der Waals surface area (Å²) in [5.41, 5.74) is 5.43. The van der Waals surface area contributed by atoms with Crippen molar-refractivity contribution in [1.29, 1.82) is 0 Å². The number of thioether (sulfide) groups is 1. The number of aryl methyl sites for hydroxylation is 4. The van der Waals surface area contributed by atoms with Gasteiger partial charge < -0.3 is 10.1 Å². The molecule has 0 atom stereocenters. The Morgan fingerprint density at radius 3 is 2.47 bits per heavy atom. The normalized spacial score (nSPS) is 10.8. The van der Waals surface area contributed by atoms with Gasteiger partial charge in [-0.25, -0.2) is 0 Å².